The Labute approximate surface area is 133 Å². The third-order valence-corrected chi connectivity index (χ3v) is 3.63. The third-order valence-electron chi connectivity index (χ3n) is 3.63. The van der Waals surface area contributed by atoms with Crippen LogP contribution in [0.2, 0.25) is 0 Å². The van der Waals surface area contributed by atoms with E-state index in [1.165, 1.54) is 5.56 Å². The van der Waals surface area contributed by atoms with E-state index in [0.717, 1.165) is 24.3 Å². The SMILES string of the molecule is CCCN[C@H](c1ccc(C)cc1)[C@@H](CO)Oc1ccccc1. The van der Waals surface area contributed by atoms with Gasteiger partial charge in [0.25, 0.3) is 0 Å². The maximum atomic E-state index is 9.81. The number of hydrogen-bond donors (Lipinski definition) is 2. The van der Waals surface area contributed by atoms with Crippen LogP contribution in [0.5, 0.6) is 5.75 Å². The molecule has 0 aliphatic carbocycles. The predicted octanol–water partition coefficient (Wildman–Crippen LogP) is 3.48. The van der Waals surface area contributed by atoms with Gasteiger partial charge in [0.1, 0.15) is 11.9 Å². The number of hydrogen-bond acceptors (Lipinski definition) is 3. The molecule has 0 aliphatic rings. The molecule has 2 atom stereocenters. The Balaban J connectivity index is 2.19. The Kier molecular flexibility index (Phi) is 6.44. The van der Waals surface area contributed by atoms with Gasteiger partial charge < -0.3 is 15.2 Å². The Morgan fingerprint density at radius 3 is 2.32 bits per heavy atom. The summed E-state index contributed by atoms with van der Waals surface area (Å²) in [4.78, 5) is 0. The van der Waals surface area contributed by atoms with Crippen LogP contribution in [0.4, 0.5) is 0 Å². The summed E-state index contributed by atoms with van der Waals surface area (Å²) in [6.07, 6.45) is 0.711. The fourth-order valence-corrected chi connectivity index (χ4v) is 2.42. The summed E-state index contributed by atoms with van der Waals surface area (Å²) in [5.74, 6) is 0.775. The molecule has 0 unspecified atom stereocenters. The summed E-state index contributed by atoms with van der Waals surface area (Å²) in [7, 11) is 0. The minimum absolute atomic E-state index is 0.0363. The molecule has 0 fully saturated rings. The highest BCUT2D eigenvalue weighted by atomic mass is 16.5. The van der Waals surface area contributed by atoms with Crippen molar-refractivity contribution in [3.05, 3.63) is 65.7 Å². The molecule has 2 aromatic carbocycles. The number of aliphatic hydroxyl groups excluding tert-OH is 1. The zero-order valence-electron chi connectivity index (χ0n) is 13.3. The summed E-state index contributed by atoms with van der Waals surface area (Å²) < 4.78 is 5.99. The van der Waals surface area contributed by atoms with E-state index in [2.05, 4.69) is 43.4 Å². The van der Waals surface area contributed by atoms with Crippen molar-refractivity contribution in [2.24, 2.45) is 0 Å². The van der Waals surface area contributed by atoms with Crippen molar-refractivity contribution < 1.29 is 9.84 Å². The fraction of sp³-hybridized carbons (Fsp3) is 0.368. The normalized spacial score (nSPS) is 13.6. The Hall–Kier alpha value is -1.84. The molecule has 0 aliphatic heterocycles. The van der Waals surface area contributed by atoms with Crippen LogP contribution in [0.1, 0.15) is 30.5 Å². The van der Waals surface area contributed by atoms with Gasteiger partial charge in [-0.15, -0.1) is 0 Å². The topological polar surface area (TPSA) is 41.5 Å². The Morgan fingerprint density at radius 1 is 1.05 bits per heavy atom. The molecule has 118 valence electrons. The van der Waals surface area contributed by atoms with Crippen molar-refractivity contribution in [1.29, 1.82) is 0 Å². The van der Waals surface area contributed by atoms with Gasteiger partial charge in [0, 0.05) is 0 Å². The lowest BCUT2D eigenvalue weighted by Gasteiger charge is -2.28. The van der Waals surface area contributed by atoms with Gasteiger partial charge in [-0.25, -0.2) is 0 Å². The van der Waals surface area contributed by atoms with Crippen LogP contribution in [-0.4, -0.2) is 24.4 Å². The largest absolute Gasteiger partial charge is 0.486 e. The molecule has 3 nitrogen and oxygen atoms in total. The molecule has 2 N–H and O–H groups in total. The Bertz CT molecular complexity index is 539. The minimum atomic E-state index is -0.323. The average molecular weight is 299 g/mol. The summed E-state index contributed by atoms with van der Waals surface area (Å²) in [5.41, 5.74) is 2.36. The molecule has 0 spiro atoms. The number of rotatable bonds is 8. The van der Waals surface area contributed by atoms with Crippen molar-refractivity contribution in [3.8, 4) is 5.75 Å². The lowest BCUT2D eigenvalue weighted by atomic mass is 10.00. The monoisotopic (exact) mass is 299 g/mol. The number of nitrogens with one attached hydrogen (secondary N) is 1. The second-order valence-corrected chi connectivity index (χ2v) is 5.49. The van der Waals surface area contributed by atoms with Crippen molar-refractivity contribution in [1.82, 2.24) is 5.32 Å². The van der Waals surface area contributed by atoms with Crippen LogP contribution in [-0.2, 0) is 0 Å². The summed E-state index contributed by atoms with van der Waals surface area (Å²) >= 11 is 0. The number of para-hydroxylation sites is 1. The van der Waals surface area contributed by atoms with E-state index in [1.54, 1.807) is 0 Å². The number of aryl methyl sites for hydroxylation is 1. The average Bonchev–Trinajstić information content (AvgIpc) is 2.56. The second kappa shape index (κ2) is 8.57. The van der Waals surface area contributed by atoms with Crippen LogP contribution in [0, 0.1) is 6.92 Å². The molecular formula is C19H25NO2. The van der Waals surface area contributed by atoms with E-state index in [0.29, 0.717) is 0 Å². The molecule has 2 rings (SSSR count). The quantitative estimate of drug-likeness (QED) is 0.784. The van der Waals surface area contributed by atoms with E-state index in [4.69, 9.17) is 4.74 Å². The van der Waals surface area contributed by atoms with Crippen molar-refractivity contribution in [3.63, 3.8) is 0 Å². The molecule has 0 heterocycles. The summed E-state index contributed by atoms with van der Waals surface area (Å²) in [6.45, 7) is 5.05. The first-order valence-electron chi connectivity index (χ1n) is 7.87. The lowest BCUT2D eigenvalue weighted by molar-refractivity contribution is 0.0825. The van der Waals surface area contributed by atoms with Crippen LogP contribution in [0.25, 0.3) is 0 Å². The van der Waals surface area contributed by atoms with Gasteiger partial charge in [0.15, 0.2) is 0 Å². The van der Waals surface area contributed by atoms with E-state index >= 15 is 0 Å². The molecule has 22 heavy (non-hydrogen) atoms. The van der Waals surface area contributed by atoms with E-state index in [1.807, 2.05) is 30.3 Å². The Morgan fingerprint density at radius 2 is 1.73 bits per heavy atom. The molecule has 2 aromatic rings. The highest BCUT2D eigenvalue weighted by Gasteiger charge is 2.23. The van der Waals surface area contributed by atoms with Gasteiger partial charge >= 0.3 is 0 Å². The van der Waals surface area contributed by atoms with Gasteiger partial charge in [0.2, 0.25) is 0 Å². The van der Waals surface area contributed by atoms with E-state index in [9.17, 15) is 5.11 Å². The molecule has 0 aromatic heterocycles. The number of aliphatic hydroxyl groups is 1. The van der Waals surface area contributed by atoms with E-state index in [-0.39, 0.29) is 18.8 Å². The molecule has 0 bridgehead atoms. The zero-order chi connectivity index (χ0) is 15.8. The van der Waals surface area contributed by atoms with Crippen molar-refractivity contribution in [2.75, 3.05) is 13.2 Å². The van der Waals surface area contributed by atoms with Crippen LogP contribution in [0.3, 0.4) is 0 Å². The number of benzene rings is 2. The van der Waals surface area contributed by atoms with Crippen molar-refractivity contribution >= 4 is 0 Å². The summed E-state index contributed by atoms with van der Waals surface area (Å²) in [6, 6.07) is 18.0. The van der Waals surface area contributed by atoms with Crippen LogP contribution < -0.4 is 10.1 Å². The first kappa shape index (κ1) is 16.5. The predicted molar refractivity (Wildman–Crippen MR) is 90.2 cm³/mol. The molecule has 0 saturated carbocycles. The maximum absolute atomic E-state index is 9.81. The zero-order valence-corrected chi connectivity index (χ0v) is 13.3. The smallest absolute Gasteiger partial charge is 0.141 e. The minimum Gasteiger partial charge on any atom is -0.486 e. The molecule has 0 amide bonds. The highest BCUT2D eigenvalue weighted by Crippen LogP contribution is 2.22. The first-order chi connectivity index (χ1) is 10.7. The van der Waals surface area contributed by atoms with E-state index < -0.39 is 0 Å². The van der Waals surface area contributed by atoms with Crippen LogP contribution in [0.15, 0.2) is 54.6 Å². The first-order valence-corrected chi connectivity index (χ1v) is 7.87. The second-order valence-electron chi connectivity index (χ2n) is 5.49. The fourth-order valence-electron chi connectivity index (χ4n) is 2.42. The number of ether oxygens (including phenoxy) is 1. The molecule has 0 saturated heterocycles. The van der Waals surface area contributed by atoms with Gasteiger partial charge in [-0.05, 0) is 37.6 Å². The lowest BCUT2D eigenvalue weighted by Crippen LogP contribution is -2.38. The molecule has 3 heteroatoms. The van der Waals surface area contributed by atoms with Crippen molar-refractivity contribution in [2.45, 2.75) is 32.4 Å². The standard InChI is InChI=1S/C19H25NO2/c1-3-13-20-19(16-11-9-15(2)10-12-16)18(14-21)22-17-7-5-4-6-8-17/h4-12,18-21H,3,13-14H2,1-2H3/t18-,19-/m1/s1. The van der Waals surface area contributed by atoms with Gasteiger partial charge in [-0.2, -0.15) is 0 Å². The highest BCUT2D eigenvalue weighted by molar-refractivity contribution is 5.26. The molecular weight excluding hydrogens is 274 g/mol. The van der Waals surface area contributed by atoms with Crippen LogP contribution >= 0.6 is 0 Å². The molecule has 0 radical (unpaired) electrons. The van der Waals surface area contributed by atoms with Gasteiger partial charge in [-0.1, -0.05) is 55.0 Å². The third kappa shape index (κ3) is 4.58. The summed E-state index contributed by atoms with van der Waals surface area (Å²) in [5, 5.41) is 13.3. The maximum Gasteiger partial charge on any atom is 0.141 e. The van der Waals surface area contributed by atoms with Gasteiger partial charge in [0.05, 0.1) is 12.6 Å². The van der Waals surface area contributed by atoms with Gasteiger partial charge in [-0.3, -0.25) is 0 Å².